The molecule has 63 heavy (non-hydrogen) atoms. The van der Waals surface area contributed by atoms with Gasteiger partial charge in [-0.2, -0.15) is 9.97 Å². The lowest BCUT2D eigenvalue weighted by atomic mass is 10.0. The van der Waals surface area contributed by atoms with Gasteiger partial charge in [0, 0.05) is 44.3 Å². The summed E-state index contributed by atoms with van der Waals surface area (Å²) in [4.78, 5) is 29.9. The van der Waals surface area contributed by atoms with Gasteiger partial charge in [0.1, 0.15) is 0 Å². The van der Waals surface area contributed by atoms with Crippen molar-refractivity contribution in [3.05, 3.63) is 201 Å². The fourth-order valence-corrected chi connectivity index (χ4v) is 9.24. The molecule has 0 radical (unpaired) electrons. The second-order valence-corrected chi connectivity index (χ2v) is 15.6. The molecule has 9 heteroatoms. The van der Waals surface area contributed by atoms with Crippen molar-refractivity contribution in [2.75, 3.05) is 0 Å². The summed E-state index contributed by atoms with van der Waals surface area (Å²) in [5.41, 5.74) is 12.1. The third-order valence-electron chi connectivity index (χ3n) is 12.1. The van der Waals surface area contributed by atoms with Crippen LogP contribution in [0.25, 0.3) is 117 Å². The Hall–Kier alpha value is -8.82. The molecule has 0 N–H and O–H groups in total. The summed E-state index contributed by atoms with van der Waals surface area (Å²) in [7, 11) is 0. The predicted molar refractivity (Wildman–Crippen MR) is 253 cm³/mol. The van der Waals surface area contributed by atoms with E-state index < -0.39 is 0 Å². The molecule has 0 amide bonds. The van der Waals surface area contributed by atoms with E-state index in [1.807, 2.05) is 91.4 Å². The monoisotopic (exact) mass is 807 g/mol. The van der Waals surface area contributed by atoms with Crippen molar-refractivity contribution in [3.8, 4) is 51.5 Å². The Kier molecular flexibility index (Phi) is 7.70. The molecule has 0 aliphatic carbocycles. The molecular formula is C54H33N9. The maximum atomic E-state index is 5.11. The molecule has 13 aromatic rings. The van der Waals surface area contributed by atoms with Crippen molar-refractivity contribution in [1.29, 1.82) is 0 Å². The van der Waals surface area contributed by atoms with Crippen LogP contribution < -0.4 is 0 Å². The molecule has 0 saturated carbocycles. The molecule has 9 nitrogen and oxygen atoms in total. The van der Waals surface area contributed by atoms with Gasteiger partial charge in [-0.3, -0.25) is 14.1 Å². The minimum atomic E-state index is 0.568. The van der Waals surface area contributed by atoms with Crippen LogP contribution in [0.4, 0.5) is 0 Å². The molecule has 0 saturated heterocycles. The standard InChI is InChI=1S/C54H33N9/c1-3-14-34(15-4-1)51-58-52(35-16-5-2-6-17-35)60-54(59-51)63-45-22-11-8-19-40(45)43-31-37(26-28-48(43)63)36-25-27-47-42(30-36)39-18-7-10-21-44(39)62(47)53-56-32-38(33-57-53)61-46-23-12-9-20-41(46)50-49(61)24-13-29-55-50/h1-33H. The highest BCUT2D eigenvalue weighted by Crippen LogP contribution is 2.38. The second-order valence-electron chi connectivity index (χ2n) is 15.6. The van der Waals surface area contributed by atoms with Gasteiger partial charge in [0.05, 0.1) is 56.7 Å². The van der Waals surface area contributed by atoms with E-state index in [0.717, 1.165) is 93.5 Å². The van der Waals surface area contributed by atoms with Gasteiger partial charge in [-0.25, -0.2) is 15.0 Å². The number of rotatable bonds is 6. The highest BCUT2D eigenvalue weighted by Gasteiger charge is 2.20. The summed E-state index contributed by atoms with van der Waals surface area (Å²) in [6.07, 6.45) is 5.65. The molecule has 13 rings (SSSR count). The van der Waals surface area contributed by atoms with Crippen molar-refractivity contribution >= 4 is 65.5 Å². The zero-order chi connectivity index (χ0) is 41.4. The molecule has 0 aliphatic heterocycles. The Morgan fingerprint density at radius 3 is 1.33 bits per heavy atom. The number of hydrogen-bond acceptors (Lipinski definition) is 6. The smallest absolute Gasteiger partial charge is 0.238 e. The minimum Gasteiger partial charge on any atom is -0.305 e. The Balaban J connectivity index is 0.934. The Morgan fingerprint density at radius 1 is 0.302 bits per heavy atom. The van der Waals surface area contributed by atoms with Crippen molar-refractivity contribution in [3.63, 3.8) is 0 Å². The topological polar surface area (TPSA) is 92.1 Å². The van der Waals surface area contributed by atoms with Crippen LogP contribution >= 0.6 is 0 Å². The highest BCUT2D eigenvalue weighted by molar-refractivity contribution is 6.12. The third kappa shape index (κ3) is 5.50. The molecule has 0 fully saturated rings. The Morgan fingerprint density at radius 2 is 0.762 bits per heavy atom. The first-order valence-corrected chi connectivity index (χ1v) is 20.9. The summed E-state index contributed by atoms with van der Waals surface area (Å²) < 4.78 is 6.50. The summed E-state index contributed by atoms with van der Waals surface area (Å²) in [5, 5.41) is 5.58. The maximum absolute atomic E-state index is 5.11. The normalized spacial score (nSPS) is 11.8. The zero-order valence-corrected chi connectivity index (χ0v) is 33.6. The van der Waals surface area contributed by atoms with Crippen molar-refractivity contribution < 1.29 is 0 Å². The molecule has 6 aromatic heterocycles. The number of para-hydroxylation sites is 3. The Bertz CT molecular complexity index is 3790. The van der Waals surface area contributed by atoms with Crippen molar-refractivity contribution in [2.24, 2.45) is 0 Å². The number of fused-ring (bicyclic) bond motifs is 9. The number of hydrogen-bond donors (Lipinski definition) is 0. The van der Waals surface area contributed by atoms with E-state index in [9.17, 15) is 0 Å². The molecule has 7 aromatic carbocycles. The number of benzene rings is 7. The van der Waals surface area contributed by atoms with E-state index in [2.05, 4.69) is 123 Å². The molecule has 0 atom stereocenters. The summed E-state index contributed by atoms with van der Waals surface area (Å²) in [6.45, 7) is 0. The zero-order valence-electron chi connectivity index (χ0n) is 33.6. The van der Waals surface area contributed by atoms with E-state index in [0.29, 0.717) is 23.5 Å². The summed E-state index contributed by atoms with van der Waals surface area (Å²) >= 11 is 0. The van der Waals surface area contributed by atoms with Gasteiger partial charge >= 0.3 is 0 Å². The Labute approximate surface area is 359 Å². The van der Waals surface area contributed by atoms with Crippen LogP contribution in [0.5, 0.6) is 0 Å². The average molecular weight is 808 g/mol. The lowest BCUT2D eigenvalue weighted by molar-refractivity contribution is 0.953. The van der Waals surface area contributed by atoms with Gasteiger partial charge < -0.3 is 4.57 Å². The fourth-order valence-electron chi connectivity index (χ4n) is 9.24. The number of nitrogens with zero attached hydrogens (tertiary/aromatic N) is 9. The van der Waals surface area contributed by atoms with E-state index in [1.165, 1.54) is 0 Å². The number of aromatic nitrogens is 9. The SMILES string of the molecule is c1ccc(-c2nc(-c3ccccc3)nc(-n3c4ccccc4c4cc(-c5ccc6c(c5)c5ccccc5n6-c5ncc(-n6c7ccccc7c7ncccc76)cn5)ccc43)n2)cc1. The largest absolute Gasteiger partial charge is 0.305 e. The maximum Gasteiger partial charge on any atom is 0.238 e. The van der Waals surface area contributed by atoms with Crippen LogP contribution in [-0.4, -0.2) is 43.6 Å². The molecule has 6 heterocycles. The van der Waals surface area contributed by atoms with Gasteiger partial charge in [0.25, 0.3) is 0 Å². The van der Waals surface area contributed by atoms with E-state index in [-0.39, 0.29) is 0 Å². The van der Waals surface area contributed by atoms with Crippen LogP contribution in [0.2, 0.25) is 0 Å². The quantitative estimate of drug-likeness (QED) is 0.166. The first kappa shape index (κ1) is 35.0. The lowest BCUT2D eigenvalue weighted by Crippen LogP contribution is -2.06. The molecule has 0 spiro atoms. The van der Waals surface area contributed by atoms with Gasteiger partial charge in [-0.15, -0.1) is 0 Å². The average Bonchev–Trinajstić information content (AvgIpc) is 4.00. The van der Waals surface area contributed by atoms with Gasteiger partial charge in [0.2, 0.25) is 11.9 Å². The highest BCUT2D eigenvalue weighted by atomic mass is 15.2. The van der Waals surface area contributed by atoms with E-state index in [4.69, 9.17) is 29.9 Å². The van der Waals surface area contributed by atoms with Crippen LogP contribution in [-0.2, 0) is 0 Å². The first-order valence-electron chi connectivity index (χ1n) is 20.9. The molecule has 0 aliphatic rings. The summed E-state index contributed by atoms with van der Waals surface area (Å²) in [6, 6.07) is 62.9. The molecule has 0 unspecified atom stereocenters. The van der Waals surface area contributed by atoms with Crippen molar-refractivity contribution in [1.82, 2.24) is 43.6 Å². The van der Waals surface area contributed by atoms with Gasteiger partial charge in [-0.05, 0) is 65.7 Å². The number of pyridine rings is 1. The molecule has 0 bridgehead atoms. The third-order valence-corrected chi connectivity index (χ3v) is 12.1. The van der Waals surface area contributed by atoms with Crippen LogP contribution in [0, 0.1) is 0 Å². The van der Waals surface area contributed by atoms with Crippen molar-refractivity contribution in [2.45, 2.75) is 0 Å². The van der Waals surface area contributed by atoms with Crippen LogP contribution in [0.15, 0.2) is 201 Å². The van der Waals surface area contributed by atoms with Gasteiger partial charge in [0.15, 0.2) is 11.6 Å². The second kappa shape index (κ2) is 13.9. The minimum absolute atomic E-state index is 0.568. The predicted octanol–water partition coefficient (Wildman–Crippen LogP) is 12.3. The summed E-state index contributed by atoms with van der Waals surface area (Å²) in [5.74, 6) is 2.42. The van der Waals surface area contributed by atoms with Crippen LogP contribution in [0.1, 0.15) is 0 Å². The molecule has 294 valence electrons. The lowest BCUT2D eigenvalue weighted by Gasteiger charge is -2.11. The van der Waals surface area contributed by atoms with E-state index in [1.54, 1.807) is 0 Å². The van der Waals surface area contributed by atoms with Crippen LogP contribution in [0.3, 0.4) is 0 Å². The fraction of sp³-hybridized carbons (Fsp3) is 0. The van der Waals surface area contributed by atoms with Gasteiger partial charge in [-0.1, -0.05) is 127 Å². The molecular weight excluding hydrogens is 775 g/mol. The first-order chi connectivity index (χ1) is 31.2. The van der Waals surface area contributed by atoms with E-state index >= 15 is 0 Å².